The van der Waals surface area contributed by atoms with Crippen molar-refractivity contribution < 1.29 is 0 Å². The summed E-state index contributed by atoms with van der Waals surface area (Å²) in [6.07, 6.45) is 4.96. The van der Waals surface area contributed by atoms with Gasteiger partial charge in [-0.3, -0.25) is 9.89 Å². The summed E-state index contributed by atoms with van der Waals surface area (Å²) < 4.78 is 0. The summed E-state index contributed by atoms with van der Waals surface area (Å²) in [6.45, 7) is 5.32. The van der Waals surface area contributed by atoms with Gasteiger partial charge in [-0.15, -0.1) is 11.3 Å². The second-order valence-corrected chi connectivity index (χ2v) is 7.03. The maximum atomic E-state index is 4.48. The van der Waals surface area contributed by atoms with Crippen LogP contribution in [-0.4, -0.2) is 54.6 Å². The molecule has 1 atom stereocenters. The lowest BCUT2D eigenvalue weighted by Gasteiger charge is -2.18. The molecule has 0 spiro atoms. The number of hydrogen-bond acceptors (Lipinski definition) is 4. The van der Waals surface area contributed by atoms with Gasteiger partial charge in [0.2, 0.25) is 0 Å². The van der Waals surface area contributed by atoms with Gasteiger partial charge in [0.25, 0.3) is 0 Å². The SMILES string of the molecule is CN=C(NCCc1csc(C)n1)NC1CCN(C2CC2)C1. The van der Waals surface area contributed by atoms with Crippen LogP contribution in [0.25, 0.3) is 0 Å². The van der Waals surface area contributed by atoms with E-state index in [1.54, 1.807) is 11.3 Å². The highest BCUT2D eigenvalue weighted by Crippen LogP contribution is 2.29. The van der Waals surface area contributed by atoms with Gasteiger partial charge in [0.05, 0.1) is 10.7 Å². The molecule has 1 aliphatic heterocycles. The highest BCUT2D eigenvalue weighted by molar-refractivity contribution is 7.09. The Hall–Kier alpha value is -1.14. The average molecular weight is 307 g/mol. The van der Waals surface area contributed by atoms with Crippen LogP contribution in [-0.2, 0) is 6.42 Å². The van der Waals surface area contributed by atoms with Crippen LogP contribution >= 0.6 is 11.3 Å². The van der Waals surface area contributed by atoms with Gasteiger partial charge < -0.3 is 10.6 Å². The molecule has 21 heavy (non-hydrogen) atoms. The quantitative estimate of drug-likeness (QED) is 0.638. The van der Waals surface area contributed by atoms with E-state index in [1.165, 1.54) is 31.5 Å². The summed E-state index contributed by atoms with van der Waals surface area (Å²) in [7, 11) is 1.84. The van der Waals surface area contributed by atoms with Crippen LogP contribution in [0.15, 0.2) is 10.4 Å². The molecule has 1 saturated carbocycles. The molecule has 2 heterocycles. The molecule has 6 heteroatoms. The zero-order valence-corrected chi connectivity index (χ0v) is 13.7. The fourth-order valence-electron chi connectivity index (χ4n) is 2.90. The minimum absolute atomic E-state index is 0.540. The van der Waals surface area contributed by atoms with Crippen molar-refractivity contribution in [2.24, 2.45) is 4.99 Å². The van der Waals surface area contributed by atoms with Crippen LogP contribution in [0, 0.1) is 6.92 Å². The summed E-state index contributed by atoms with van der Waals surface area (Å²) in [6, 6.07) is 1.41. The van der Waals surface area contributed by atoms with E-state index < -0.39 is 0 Å². The highest BCUT2D eigenvalue weighted by Gasteiger charge is 2.34. The topological polar surface area (TPSA) is 52.6 Å². The second-order valence-electron chi connectivity index (χ2n) is 5.96. The molecule has 1 aliphatic carbocycles. The number of likely N-dealkylation sites (tertiary alicyclic amines) is 1. The van der Waals surface area contributed by atoms with Crippen molar-refractivity contribution in [3.63, 3.8) is 0 Å². The second kappa shape index (κ2) is 6.75. The maximum absolute atomic E-state index is 4.48. The van der Waals surface area contributed by atoms with Gasteiger partial charge in [-0.1, -0.05) is 0 Å². The third kappa shape index (κ3) is 4.17. The zero-order valence-electron chi connectivity index (χ0n) is 12.9. The molecule has 0 aromatic carbocycles. The first kappa shape index (κ1) is 14.8. The molecule has 0 radical (unpaired) electrons. The van der Waals surface area contributed by atoms with E-state index >= 15 is 0 Å². The first-order chi connectivity index (χ1) is 10.2. The Morgan fingerprint density at radius 3 is 3.00 bits per heavy atom. The summed E-state index contributed by atoms with van der Waals surface area (Å²) in [5, 5.41) is 10.2. The van der Waals surface area contributed by atoms with Crippen LogP contribution < -0.4 is 10.6 Å². The van der Waals surface area contributed by atoms with Crippen molar-refractivity contribution in [1.82, 2.24) is 20.5 Å². The Morgan fingerprint density at radius 1 is 1.48 bits per heavy atom. The molecule has 3 rings (SSSR count). The lowest BCUT2D eigenvalue weighted by molar-refractivity contribution is 0.321. The Labute approximate surface area is 130 Å². The predicted molar refractivity (Wildman–Crippen MR) is 88.1 cm³/mol. The monoisotopic (exact) mass is 307 g/mol. The van der Waals surface area contributed by atoms with Crippen molar-refractivity contribution in [1.29, 1.82) is 0 Å². The van der Waals surface area contributed by atoms with E-state index in [0.29, 0.717) is 6.04 Å². The fraction of sp³-hybridized carbons (Fsp3) is 0.733. The largest absolute Gasteiger partial charge is 0.356 e. The Bertz CT molecular complexity index is 494. The molecule has 1 saturated heterocycles. The van der Waals surface area contributed by atoms with E-state index in [-0.39, 0.29) is 0 Å². The first-order valence-electron chi connectivity index (χ1n) is 7.87. The molecule has 0 amide bonds. The normalized spacial score (nSPS) is 23.5. The highest BCUT2D eigenvalue weighted by atomic mass is 32.1. The average Bonchev–Trinajstić information content (AvgIpc) is 3.09. The standard InChI is InChI=1S/C15H25N5S/c1-11-18-13(10-21-11)5-7-17-15(16-2)19-12-6-8-20(9-12)14-3-4-14/h10,12,14H,3-9H2,1-2H3,(H2,16,17,19). The Balaban J connectivity index is 1.39. The molecule has 2 fully saturated rings. The van der Waals surface area contributed by atoms with E-state index in [4.69, 9.17) is 0 Å². The Morgan fingerprint density at radius 2 is 2.33 bits per heavy atom. The van der Waals surface area contributed by atoms with Crippen LogP contribution in [0.5, 0.6) is 0 Å². The number of thiazole rings is 1. The maximum Gasteiger partial charge on any atom is 0.191 e. The molecule has 0 bridgehead atoms. The minimum Gasteiger partial charge on any atom is -0.356 e. The summed E-state index contributed by atoms with van der Waals surface area (Å²) in [5.41, 5.74) is 1.17. The third-order valence-electron chi connectivity index (χ3n) is 4.19. The van der Waals surface area contributed by atoms with E-state index in [9.17, 15) is 0 Å². The lowest BCUT2D eigenvalue weighted by atomic mass is 10.3. The first-order valence-corrected chi connectivity index (χ1v) is 8.75. The molecule has 1 aromatic rings. The van der Waals surface area contributed by atoms with Crippen LogP contribution in [0.1, 0.15) is 30.0 Å². The van der Waals surface area contributed by atoms with Crippen LogP contribution in [0.4, 0.5) is 0 Å². The molecular formula is C15H25N5S. The van der Waals surface area contributed by atoms with Crippen molar-refractivity contribution in [2.75, 3.05) is 26.7 Å². The molecule has 116 valence electrons. The number of rotatable bonds is 5. The summed E-state index contributed by atoms with van der Waals surface area (Å²) in [4.78, 5) is 11.4. The number of nitrogens with one attached hydrogen (secondary N) is 2. The van der Waals surface area contributed by atoms with Crippen LogP contribution in [0.2, 0.25) is 0 Å². The van der Waals surface area contributed by atoms with E-state index in [1.807, 2.05) is 14.0 Å². The Kier molecular flexibility index (Phi) is 4.75. The summed E-state index contributed by atoms with van der Waals surface area (Å²) in [5.74, 6) is 0.921. The molecule has 2 aliphatic rings. The van der Waals surface area contributed by atoms with Gasteiger partial charge in [-0.2, -0.15) is 0 Å². The molecule has 1 aromatic heterocycles. The zero-order chi connectivity index (χ0) is 14.7. The summed E-state index contributed by atoms with van der Waals surface area (Å²) >= 11 is 1.71. The van der Waals surface area contributed by atoms with Crippen molar-refractivity contribution >= 4 is 17.3 Å². The van der Waals surface area contributed by atoms with Gasteiger partial charge in [0, 0.05) is 50.6 Å². The number of aryl methyl sites for hydroxylation is 1. The van der Waals surface area contributed by atoms with Crippen molar-refractivity contribution in [3.8, 4) is 0 Å². The van der Waals surface area contributed by atoms with E-state index in [2.05, 4.69) is 30.9 Å². The lowest BCUT2D eigenvalue weighted by Crippen LogP contribution is -2.45. The van der Waals surface area contributed by atoms with Crippen molar-refractivity contribution in [3.05, 3.63) is 16.1 Å². The predicted octanol–water partition coefficient (Wildman–Crippen LogP) is 1.40. The van der Waals surface area contributed by atoms with Gasteiger partial charge in [0.15, 0.2) is 5.96 Å². The molecule has 1 unspecified atom stereocenters. The third-order valence-corrected chi connectivity index (χ3v) is 5.01. The number of nitrogens with zero attached hydrogens (tertiary/aromatic N) is 3. The van der Waals surface area contributed by atoms with Crippen LogP contribution in [0.3, 0.4) is 0 Å². The fourth-order valence-corrected chi connectivity index (χ4v) is 3.54. The number of aliphatic imine (C=N–C) groups is 1. The van der Waals surface area contributed by atoms with Gasteiger partial charge in [-0.25, -0.2) is 4.98 Å². The minimum atomic E-state index is 0.540. The number of aromatic nitrogens is 1. The van der Waals surface area contributed by atoms with Gasteiger partial charge in [0.1, 0.15) is 0 Å². The molecule has 2 N–H and O–H groups in total. The number of hydrogen-bond donors (Lipinski definition) is 2. The van der Waals surface area contributed by atoms with Crippen molar-refractivity contribution in [2.45, 2.75) is 44.7 Å². The molecule has 5 nitrogen and oxygen atoms in total. The van der Waals surface area contributed by atoms with Gasteiger partial charge >= 0.3 is 0 Å². The van der Waals surface area contributed by atoms with Gasteiger partial charge in [-0.05, 0) is 26.2 Å². The van der Waals surface area contributed by atoms with E-state index in [0.717, 1.165) is 36.5 Å². The smallest absolute Gasteiger partial charge is 0.191 e. The number of guanidine groups is 1. The molecular weight excluding hydrogens is 282 g/mol.